The van der Waals surface area contributed by atoms with Crippen molar-refractivity contribution in [2.45, 2.75) is 44.6 Å². The molecule has 1 unspecified atom stereocenters. The zero-order chi connectivity index (χ0) is 34.1. The number of aryl methyl sites for hydroxylation is 1. The number of hydrogen-bond acceptors (Lipinski definition) is 10. The van der Waals surface area contributed by atoms with E-state index in [2.05, 4.69) is 20.3 Å². The van der Waals surface area contributed by atoms with Gasteiger partial charge in [0.2, 0.25) is 0 Å². The van der Waals surface area contributed by atoms with E-state index in [0.29, 0.717) is 68.8 Å². The summed E-state index contributed by atoms with van der Waals surface area (Å²) in [6.07, 6.45) is -0.233. The summed E-state index contributed by atoms with van der Waals surface area (Å²) >= 11 is 1.26. The number of carbonyl (C=O) groups excluding carboxylic acids is 1. The van der Waals surface area contributed by atoms with Crippen LogP contribution in [0, 0.1) is 6.92 Å². The lowest BCUT2D eigenvalue weighted by molar-refractivity contribution is -0.137. The molecular formula is C35H31F3N4O5S. The Bertz CT molecular complexity index is 1970. The number of ether oxygens (including phenoxy) is 3. The number of aliphatic hydroxyl groups is 1. The van der Waals surface area contributed by atoms with E-state index in [-0.39, 0.29) is 18.0 Å². The van der Waals surface area contributed by atoms with Crippen molar-refractivity contribution in [3.8, 4) is 22.1 Å². The third-order valence-corrected chi connectivity index (χ3v) is 9.21. The third-order valence-electron chi connectivity index (χ3n) is 8.04. The summed E-state index contributed by atoms with van der Waals surface area (Å²) < 4.78 is 56.3. The second-order valence-electron chi connectivity index (χ2n) is 11.3. The summed E-state index contributed by atoms with van der Waals surface area (Å²) in [5, 5.41) is 15.6. The Morgan fingerprint density at radius 3 is 2.58 bits per heavy atom. The van der Waals surface area contributed by atoms with Gasteiger partial charge in [0.25, 0.3) is 0 Å². The first-order valence-electron chi connectivity index (χ1n) is 15.0. The molecular weight excluding hydrogens is 645 g/mol. The smallest absolute Gasteiger partial charge is 0.416 e. The molecule has 2 aromatic carbocycles. The van der Waals surface area contributed by atoms with Gasteiger partial charge in [-0.25, -0.2) is 14.8 Å². The Hall–Kier alpha value is -5.01. The second kappa shape index (κ2) is 13.2. The van der Waals surface area contributed by atoms with Crippen molar-refractivity contribution < 1.29 is 37.3 Å². The molecule has 0 aliphatic heterocycles. The van der Waals surface area contributed by atoms with Crippen LogP contribution in [0.1, 0.15) is 56.2 Å². The summed E-state index contributed by atoms with van der Waals surface area (Å²) in [6.45, 7) is 1.95. The Morgan fingerprint density at radius 1 is 1.06 bits per heavy atom. The average molecular weight is 677 g/mol. The van der Waals surface area contributed by atoms with E-state index in [1.165, 1.54) is 18.4 Å². The number of thiazole rings is 1. The van der Waals surface area contributed by atoms with Gasteiger partial charge in [0.15, 0.2) is 0 Å². The minimum absolute atomic E-state index is 0.0378. The van der Waals surface area contributed by atoms with Crippen molar-refractivity contribution >= 4 is 28.8 Å². The van der Waals surface area contributed by atoms with Gasteiger partial charge in [-0.2, -0.15) is 13.2 Å². The largest absolute Gasteiger partial charge is 0.497 e. The summed E-state index contributed by atoms with van der Waals surface area (Å²) in [7, 11) is 2.89. The maximum Gasteiger partial charge on any atom is 0.416 e. The molecule has 0 saturated carbocycles. The molecule has 0 radical (unpaired) electrons. The summed E-state index contributed by atoms with van der Waals surface area (Å²) in [5.74, 6) is 0.545. The number of benzene rings is 2. The maximum atomic E-state index is 13.2. The number of methoxy groups -OCH3 is 2. The van der Waals surface area contributed by atoms with Gasteiger partial charge in [0.1, 0.15) is 40.1 Å². The van der Waals surface area contributed by atoms with Crippen molar-refractivity contribution in [3.05, 3.63) is 112 Å². The first kappa shape index (κ1) is 32.9. The van der Waals surface area contributed by atoms with E-state index in [4.69, 9.17) is 14.2 Å². The highest BCUT2D eigenvalue weighted by Gasteiger charge is 2.41. The predicted octanol–water partition coefficient (Wildman–Crippen LogP) is 7.62. The molecule has 9 nitrogen and oxygen atoms in total. The van der Waals surface area contributed by atoms with Crippen molar-refractivity contribution in [1.29, 1.82) is 0 Å². The SMILES string of the molecule is COC(=O)c1ccc2c(c1OCc1ccc(OC)cc1)CCCC2(O)c1ncc(-c2cc(Nc3cc(C(F)(F)F)ccn3)cc(C)n2)s1. The molecule has 0 saturated heterocycles. The van der Waals surface area contributed by atoms with Gasteiger partial charge < -0.3 is 24.6 Å². The van der Waals surface area contributed by atoms with Crippen LogP contribution in [0.2, 0.25) is 0 Å². The Kier molecular flexibility index (Phi) is 9.08. The number of anilines is 2. The lowest BCUT2D eigenvalue weighted by Crippen LogP contribution is -2.32. The second-order valence-corrected chi connectivity index (χ2v) is 12.3. The van der Waals surface area contributed by atoms with Crippen molar-refractivity contribution in [3.63, 3.8) is 0 Å². The minimum atomic E-state index is -4.50. The molecule has 3 heterocycles. The molecule has 13 heteroatoms. The highest BCUT2D eigenvalue weighted by molar-refractivity contribution is 7.15. The number of pyridine rings is 2. The summed E-state index contributed by atoms with van der Waals surface area (Å²) in [6, 6.07) is 15.9. The molecule has 6 rings (SSSR count). The molecule has 1 aliphatic rings. The fourth-order valence-corrected chi connectivity index (χ4v) is 6.74. The molecule has 0 fully saturated rings. The number of alkyl halides is 3. The first-order chi connectivity index (χ1) is 23.0. The van der Waals surface area contributed by atoms with Gasteiger partial charge in [-0.1, -0.05) is 18.2 Å². The van der Waals surface area contributed by atoms with E-state index in [9.17, 15) is 23.1 Å². The molecule has 1 atom stereocenters. The molecule has 248 valence electrons. The van der Waals surface area contributed by atoms with Crippen LogP contribution in [-0.4, -0.2) is 40.2 Å². The van der Waals surface area contributed by atoms with Gasteiger partial charge in [-0.3, -0.25) is 4.98 Å². The van der Waals surface area contributed by atoms with Gasteiger partial charge >= 0.3 is 12.1 Å². The number of nitrogens with one attached hydrogen (secondary N) is 1. The molecule has 3 aromatic heterocycles. The fourth-order valence-electron chi connectivity index (χ4n) is 5.73. The lowest BCUT2D eigenvalue weighted by Gasteiger charge is -2.34. The number of aromatic nitrogens is 3. The van der Waals surface area contributed by atoms with E-state index in [1.807, 2.05) is 24.3 Å². The highest BCUT2D eigenvalue weighted by Crippen LogP contribution is 2.47. The molecule has 2 N–H and O–H groups in total. The van der Waals surface area contributed by atoms with Crippen LogP contribution >= 0.6 is 11.3 Å². The Labute approximate surface area is 278 Å². The average Bonchev–Trinajstić information content (AvgIpc) is 3.58. The number of carbonyl (C=O) groups is 1. The third kappa shape index (κ3) is 6.69. The zero-order valence-electron chi connectivity index (χ0n) is 26.2. The number of rotatable bonds is 9. The predicted molar refractivity (Wildman–Crippen MR) is 174 cm³/mol. The maximum absolute atomic E-state index is 13.2. The van der Waals surface area contributed by atoms with E-state index in [1.54, 1.807) is 44.5 Å². The Morgan fingerprint density at radius 2 is 1.85 bits per heavy atom. The van der Waals surface area contributed by atoms with Crippen LogP contribution in [0.4, 0.5) is 24.7 Å². The normalized spacial score (nSPS) is 15.8. The number of hydrogen-bond donors (Lipinski definition) is 2. The van der Waals surface area contributed by atoms with E-state index in [0.717, 1.165) is 23.9 Å². The van der Waals surface area contributed by atoms with Crippen molar-refractivity contribution in [1.82, 2.24) is 15.0 Å². The van der Waals surface area contributed by atoms with Crippen molar-refractivity contribution in [2.24, 2.45) is 0 Å². The zero-order valence-corrected chi connectivity index (χ0v) is 27.0. The number of nitrogens with zero attached hydrogens (tertiary/aromatic N) is 3. The van der Waals surface area contributed by atoms with E-state index < -0.39 is 23.3 Å². The quantitative estimate of drug-likeness (QED) is 0.152. The van der Waals surface area contributed by atoms with Gasteiger partial charge in [0, 0.05) is 29.3 Å². The molecule has 0 amide bonds. The van der Waals surface area contributed by atoms with E-state index >= 15 is 0 Å². The molecule has 1 aliphatic carbocycles. The van der Waals surface area contributed by atoms with Crippen molar-refractivity contribution in [2.75, 3.05) is 19.5 Å². The van der Waals surface area contributed by atoms with Crippen LogP contribution in [0.5, 0.6) is 11.5 Å². The Balaban J connectivity index is 1.31. The van der Waals surface area contributed by atoms with Crippen LogP contribution < -0.4 is 14.8 Å². The number of esters is 1. The van der Waals surface area contributed by atoms with Crippen LogP contribution in [0.15, 0.2) is 73.1 Å². The van der Waals surface area contributed by atoms with Gasteiger partial charge in [-0.15, -0.1) is 11.3 Å². The first-order valence-corrected chi connectivity index (χ1v) is 15.8. The number of halogens is 3. The molecule has 0 bridgehead atoms. The van der Waals surface area contributed by atoms with Gasteiger partial charge in [-0.05, 0) is 79.8 Å². The topological polar surface area (TPSA) is 116 Å². The molecule has 48 heavy (non-hydrogen) atoms. The minimum Gasteiger partial charge on any atom is -0.497 e. The lowest BCUT2D eigenvalue weighted by atomic mass is 9.78. The van der Waals surface area contributed by atoms with Crippen LogP contribution in [-0.2, 0) is 29.5 Å². The molecule has 0 spiro atoms. The monoisotopic (exact) mass is 676 g/mol. The number of fused-ring (bicyclic) bond motifs is 1. The molecule has 5 aromatic rings. The highest BCUT2D eigenvalue weighted by atomic mass is 32.1. The van der Waals surface area contributed by atoms with Crippen LogP contribution in [0.3, 0.4) is 0 Å². The summed E-state index contributed by atoms with van der Waals surface area (Å²) in [5.41, 5.74) is 1.76. The van der Waals surface area contributed by atoms with Crippen LogP contribution in [0.25, 0.3) is 10.6 Å². The van der Waals surface area contributed by atoms with Gasteiger partial charge in [0.05, 0.1) is 30.4 Å². The summed E-state index contributed by atoms with van der Waals surface area (Å²) in [4.78, 5) is 26.7. The standard InChI is InChI=1S/C35H31F3N4O5S/c1-20-15-23(42-30-16-22(12-14-39-30)35(36,37)38)17-28(41-20)29-18-40-33(48-29)34(44)13-4-5-25-27(34)11-10-26(32(43)46-3)31(25)47-19-21-6-8-24(45-2)9-7-21/h6-12,14-18,44H,4-5,13,19H2,1-3H3,(H,39,41,42). The fraction of sp³-hybridized carbons (Fsp3) is 0.257.